The van der Waals surface area contributed by atoms with E-state index < -0.39 is 6.17 Å². The van der Waals surface area contributed by atoms with Gasteiger partial charge in [-0.1, -0.05) is 18.1 Å². The number of nitrogens with zero attached hydrogens (tertiary/aromatic N) is 1. The average molecular weight is 209 g/mol. The molecule has 0 saturated carbocycles. The largest absolute Gasteiger partial charge is 0.293 e. The highest BCUT2D eigenvalue weighted by Gasteiger charge is 2.17. The van der Waals surface area contributed by atoms with Crippen LogP contribution < -0.4 is 0 Å². The first-order valence-electron chi connectivity index (χ1n) is 5.63. The standard InChI is InChI=1S/C13H20FN/c1-3-9-15(2)11-13(14)10-12-7-5-4-6-8-12/h1,4-5,12-13H,6-11H2,2H3. The van der Waals surface area contributed by atoms with Crippen molar-refractivity contribution < 1.29 is 4.39 Å². The summed E-state index contributed by atoms with van der Waals surface area (Å²) in [5, 5.41) is 0. The first-order chi connectivity index (χ1) is 7.22. The van der Waals surface area contributed by atoms with Crippen LogP contribution in [-0.2, 0) is 0 Å². The Kier molecular flexibility index (Phi) is 5.42. The topological polar surface area (TPSA) is 3.24 Å². The van der Waals surface area contributed by atoms with Crippen molar-refractivity contribution in [3.05, 3.63) is 12.2 Å². The number of terminal acetylenes is 1. The molecule has 0 aromatic heterocycles. The normalized spacial score (nSPS) is 22.7. The highest BCUT2D eigenvalue weighted by molar-refractivity contribution is 4.91. The molecule has 2 heteroatoms. The van der Waals surface area contributed by atoms with Crippen molar-refractivity contribution >= 4 is 0 Å². The molecule has 1 aliphatic carbocycles. The molecule has 2 unspecified atom stereocenters. The lowest BCUT2D eigenvalue weighted by Gasteiger charge is -2.22. The van der Waals surface area contributed by atoms with Gasteiger partial charge in [-0.05, 0) is 38.6 Å². The molecule has 2 atom stereocenters. The minimum Gasteiger partial charge on any atom is -0.293 e. The van der Waals surface area contributed by atoms with Crippen molar-refractivity contribution in [2.24, 2.45) is 5.92 Å². The van der Waals surface area contributed by atoms with Crippen LogP contribution in [0.5, 0.6) is 0 Å². The van der Waals surface area contributed by atoms with Gasteiger partial charge >= 0.3 is 0 Å². The van der Waals surface area contributed by atoms with Gasteiger partial charge in [-0.15, -0.1) is 6.42 Å². The zero-order valence-corrected chi connectivity index (χ0v) is 9.45. The number of allylic oxidation sites excluding steroid dienone is 2. The lowest BCUT2D eigenvalue weighted by molar-refractivity contribution is 0.196. The van der Waals surface area contributed by atoms with E-state index in [1.54, 1.807) is 0 Å². The molecule has 84 valence electrons. The summed E-state index contributed by atoms with van der Waals surface area (Å²) in [7, 11) is 1.87. The smallest absolute Gasteiger partial charge is 0.113 e. The maximum Gasteiger partial charge on any atom is 0.113 e. The molecule has 1 aliphatic rings. The molecule has 0 radical (unpaired) electrons. The van der Waals surface area contributed by atoms with E-state index in [1.165, 1.54) is 0 Å². The summed E-state index contributed by atoms with van der Waals surface area (Å²) in [5.74, 6) is 3.06. The van der Waals surface area contributed by atoms with E-state index in [0.717, 1.165) is 19.3 Å². The Morgan fingerprint density at radius 1 is 1.60 bits per heavy atom. The third-order valence-electron chi connectivity index (χ3n) is 2.84. The predicted octanol–water partition coefficient (Wildman–Crippen LogP) is 2.64. The van der Waals surface area contributed by atoms with Gasteiger partial charge in [0.2, 0.25) is 0 Å². The minimum absolute atomic E-state index is 0.463. The Balaban J connectivity index is 2.20. The van der Waals surface area contributed by atoms with E-state index in [9.17, 15) is 4.39 Å². The van der Waals surface area contributed by atoms with Crippen LogP contribution in [0.15, 0.2) is 12.2 Å². The van der Waals surface area contributed by atoms with E-state index in [4.69, 9.17) is 6.42 Å². The van der Waals surface area contributed by atoms with E-state index in [-0.39, 0.29) is 0 Å². The summed E-state index contributed by atoms with van der Waals surface area (Å²) in [6.45, 7) is 0.995. The van der Waals surface area contributed by atoms with Gasteiger partial charge in [0.25, 0.3) is 0 Å². The van der Waals surface area contributed by atoms with E-state index in [1.807, 2.05) is 11.9 Å². The van der Waals surface area contributed by atoms with Crippen molar-refractivity contribution in [1.29, 1.82) is 0 Å². The predicted molar refractivity (Wildman–Crippen MR) is 62.3 cm³/mol. The monoisotopic (exact) mass is 209 g/mol. The molecule has 0 N–H and O–H groups in total. The second kappa shape index (κ2) is 6.63. The fourth-order valence-electron chi connectivity index (χ4n) is 2.07. The Bertz CT molecular complexity index is 241. The van der Waals surface area contributed by atoms with Crippen LogP contribution in [0.2, 0.25) is 0 Å². The molecule has 0 fully saturated rings. The molecule has 0 bridgehead atoms. The number of rotatable bonds is 5. The van der Waals surface area contributed by atoms with Crippen LogP contribution in [0, 0.1) is 18.3 Å². The van der Waals surface area contributed by atoms with Crippen LogP contribution in [-0.4, -0.2) is 31.2 Å². The van der Waals surface area contributed by atoms with Crippen LogP contribution in [0.4, 0.5) is 4.39 Å². The van der Waals surface area contributed by atoms with Gasteiger partial charge in [-0.25, -0.2) is 4.39 Å². The van der Waals surface area contributed by atoms with E-state index in [2.05, 4.69) is 18.1 Å². The summed E-state index contributed by atoms with van der Waals surface area (Å²) in [4.78, 5) is 1.86. The maximum absolute atomic E-state index is 13.6. The highest BCUT2D eigenvalue weighted by atomic mass is 19.1. The van der Waals surface area contributed by atoms with Gasteiger partial charge in [0, 0.05) is 6.54 Å². The minimum atomic E-state index is -0.736. The Labute approximate surface area is 92.3 Å². The van der Waals surface area contributed by atoms with Crippen molar-refractivity contribution in [1.82, 2.24) is 4.90 Å². The summed E-state index contributed by atoms with van der Waals surface area (Å²) >= 11 is 0. The molecular weight excluding hydrogens is 189 g/mol. The molecular formula is C13H20FN. The second-order valence-electron chi connectivity index (χ2n) is 4.38. The van der Waals surface area contributed by atoms with Gasteiger partial charge < -0.3 is 0 Å². The molecule has 0 aliphatic heterocycles. The van der Waals surface area contributed by atoms with Gasteiger partial charge in [-0.2, -0.15) is 0 Å². The Hall–Kier alpha value is -0.810. The van der Waals surface area contributed by atoms with Gasteiger partial charge in [0.1, 0.15) is 6.17 Å². The third-order valence-corrected chi connectivity index (χ3v) is 2.84. The SMILES string of the molecule is C#CCN(C)CC(F)CC1CC=CCC1. The number of hydrogen-bond donors (Lipinski definition) is 0. The van der Waals surface area contributed by atoms with Crippen LogP contribution in [0.25, 0.3) is 0 Å². The van der Waals surface area contributed by atoms with E-state index >= 15 is 0 Å². The summed E-state index contributed by atoms with van der Waals surface area (Å²) in [6.07, 6.45) is 12.8. The maximum atomic E-state index is 13.6. The second-order valence-corrected chi connectivity index (χ2v) is 4.38. The van der Waals surface area contributed by atoms with Crippen molar-refractivity contribution in [2.45, 2.75) is 31.9 Å². The van der Waals surface area contributed by atoms with Crippen LogP contribution in [0.3, 0.4) is 0 Å². The molecule has 0 heterocycles. The first kappa shape index (κ1) is 12.3. The van der Waals surface area contributed by atoms with Gasteiger partial charge in [0.15, 0.2) is 0 Å². The molecule has 0 aromatic carbocycles. The fourth-order valence-corrected chi connectivity index (χ4v) is 2.07. The fraction of sp³-hybridized carbons (Fsp3) is 0.692. The Morgan fingerprint density at radius 3 is 3.00 bits per heavy atom. The molecule has 0 saturated heterocycles. The van der Waals surface area contributed by atoms with Crippen molar-refractivity contribution in [3.8, 4) is 12.3 Å². The number of hydrogen-bond acceptors (Lipinski definition) is 1. The van der Waals surface area contributed by atoms with Crippen molar-refractivity contribution in [2.75, 3.05) is 20.1 Å². The number of halogens is 1. The Morgan fingerprint density at radius 2 is 2.40 bits per heavy atom. The van der Waals surface area contributed by atoms with Gasteiger partial charge in [-0.3, -0.25) is 4.90 Å². The summed E-state index contributed by atoms with van der Waals surface area (Å²) < 4.78 is 13.6. The molecule has 15 heavy (non-hydrogen) atoms. The lowest BCUT2D eigenvalue weighted by atomic mass is 9.90. The summed E-state index contributed by atoms with van der Waals surface area (Å²) in [6, 6.07) is 0. The number of alkyl halides is 1. The van der Waals surface area contributed by atoms with E-state index in [0.29, 0.717) is 25.4 Å². The molecule has 1 nitrogen and oxygen atoms in total. The zero-order chi connectivity index (χ0) is 11.1. The average Bonchev–Trinajstić information content (AvgIpc) is 2.19. The lowest BCUT2D eigenvalue weighted by Crippen LogP contribution is -2.28. The third kappa shape index (κ3) is 4.99. The highest BCUT2D eigenvalue weighted by Crippen LogP contribution is 2.24. The quantitative estimate of drug-likeness (QED) is 0.497. The molecule has 0 spiro atoms. The van der Waals surface area contributed by atoms with Gasteiger partial charge in [0.05, 0.1) is 6.54 Å². The van der Waals surface area contributed by atoms with Crippen molar-refractivity contribution in [3.63, 3.8) is 0 Å². The zero-order valence-electron chi connectivity index (χ0n) is 9.45. The van der Waals surface area contributed by atoms with Crippen LogP contribution >= 0.6 is 0 Å². The molecule has 0 aromatic rings. The molecule has 1 rings (SSSR count). The first-order valence-corrected chi connectivity index (χ1v) is 5.63. The molecule has 0 amide bonds. The van der Waals surface area contributed by atoms with Crippen LogP contribution in [0.1, 0.15) is 25.7 Å². The summed E-state index contributed by atoms with van der Waals surface area (Å²) in [5.41, 5.74) is 0.